The number of nitrogens with zero attached hydrogens (tertiary/aromatic N) is 1. The van der Waals surface area contributed by atoms with E-state index < -0.39 is 5.41 Å². The zero-order valence-corrected chi connectivity index (χ0v) is 11.6. The van der Waals surface area contributed by atoms with Crippen molar-refractivity contribution in [2.24, 2.45) is 11.1 Å². The predicted molar refractivity (Wildman–Crippen MR) is 75.6 cm³/mol. The molecule has 0 radical (unpaired) electrons. The smallest absolute Gasteiger partial charge is 0.313 e. The van der Waals surface area contributed by atoms with Crippen molar-refractivity contribution >= 4 is 16.9 Å². The number of ether oxygens (including phenoxy) is 1. The number of methoxy groups -OCH3 is 1. The molecule has 0 saturated heterocycles. The summed E-state index contributed by atoms with van der Waals surface area (Å²) < 4.78 is 6.92. The minimum absolute atomic E-state index is 0.204. The van der Waals surface area contributed by atoms with Gasteiger partial charge in [-0.05, 0) is 31.5 Å². The Labute approximate surface area is 113 Å². The van der Waals surface area contributed by atoms with E-state index in [2.05, 4.69) is 4.57 Å². The lowest BCUT2D eigenvalue weighted by atomic mass is 9.93. The Hall–Kier alpha value is -1.81. The minimum atomic E-state index is -0.556. The zero-order chi connectivity index (χ0) is 14.0. The van der Waals surface area contributed by atoms with Crippen molar-refractivity contribution in [3.63, 3.8) is 0 Å². The number of hydrogen-bond donors (Lipinski definition) is 1. The molecule has 0 aliphatic rings. The molecule has 1 aromatic heterocycles. The maximum Gasteiger partial charge on any atom is 0.313 e. The molecule has 0 aliphatic carbocycles. The summed E-state index contributed by atoms with van der Waals surface area (Å²) in [6.45, 7) is 4.87. The average Bonchev–Trinajstić information content (AvgIpc) is 2.80. The Morgan fingerprint density at radius 3 is 2.74 bits per heavy atom. The Balaban J connectivity index is 2.40. The van der Waals surface area contributed by atoms with E-state index in [-0.39, 0.29) is 5.97 Å². The molecule has 19 heavy (non-hydrogen) atoms. The highest BCUT2D eigenvalue weighted by Gasteiger charge is 2.29. The van der Waals surface area contributed by atoms with Crippen LogP contribution in [-0.2, 0) is 22.6 Å². The topological polar surface area (TPSA) is 57.2 Å². The number of esters is 1. The monoisotopic (exact) mass is 260 g/mol. The fourth-order valence-electron chi connectivity index (χ4n) is 2.37. The molecule has 0 spiro atoms. The van der Waals surface area contributed by atoms with Gasteiger partial charge in [-0.25, -0.2) is 0 Å². The van der Waals surface area contributed by atoms with Crippen molar-refractivity contribution in [3.05, 3.63) is 36.0 Å². The van der Waals surface area contributed by atoms with Crippen molar-refractivity contribution in [3.8, 4) is 0 Å². The molecule has 0 fully saturated rings. The first kappa shape index (κ1) is 13.6. The number of hydrogen-bond acceptors (Lipinski definition) is 3. The maximum atomic E-state index is 11.8. The summed E-state index contributed by atoms with van der Waals surface area (Å²) in [5.41, 5.74) is 7.40. The molecule has 0 aliphatic heterocycles. The number of carbonyl (C=O) groups is 1. The summed E-state index contributed by atoms with van der Waals surface area (Å²) in [5, 5.41) is 1.14. The largest absolute Gasteiger partial charge is 0.469 e. The lowest BCUT2D eigenvalue weighted by molar-refractivity contribution is -0.151. The number of rotatable bonds is 4. The van der Waals surface area contributed by atoms with Gasteiger partial charge in [0.1, 0.15) is 0 Å². The first-order chi connectivity index (χ1) is 8.99. The van der Waals surface area contributed by atoms with Crippen LogP contribution in [0.1, 0.15) is 19.4 Å². The van der Waals surface area contributed by atoms with Crippen molar-refractivity contribution in [2.75, 3.05) is 7.11 Å². The second kappa shape index (κ2) is 5.05. The number of benzene rings is 1. The first-order valence-corrected chi connectivity index (χ1v) is 6.35. The molecule has 2 aromatic rings. The summed E-state index contributed by atoms with van der Waals surface area (Å²) in [5.74, 6) is -0.204. The van der Waals surface area contributed by atoms with Crippen LogP contribution in [0.3, 0.4) is 0 Å². The number of aromatic nitrogens is 1. The highest BCUT2D eigenvalue weighted by Crippen LogP contribution is 2.25. The Kier molecular flexibility index (Phi) is 3.62. The third-order valence-electron chi connectivity index (χ3n) is 3.43. The molecule has 4 nitrogen and oxygen atoms in total. The lowest BCUT2D eigenvalue weighted by Gasteiger charge is -2.22. The summed E-state index contributed by atoms with van der Waals surface area (Å²) in [4.78, 5) is 11.8. The first-order valence-electron chi connectivity index (χ1n) is 6.35. The average molecular weight is 260 g/mol. The van der Waals surface area contributed by atoms with E-state index in [9.17, 15) is 4.79 Å². The fourth-order valence-corrected chi connectivity index (χ4v) is 2.37. The summed E-state index contributed by atoms with van der Waals surface area (Å²) in [6, 6.07) is 8.11. The summed E-state index contributed by atoms with van der Waals surface area (Å²) >= 11 is 0. The molecule has 2 N–H and O–H groups in total. The van der Waals surface area contributed by atoms with Crippen molar-refractivity contribution in [1.29, 1.82) is 0 Å². The van der Waals surface area contributed by atoms with E-state index in [0.717, 1.165) is 16.5 Å². The SMILES string of the molecule is COC(=O)C(C)(C)Cn1ccc2c(CN)cccc21. The van der Waals surface area contributed by atoms with Crippen LogP contribution in [-0.4, -0.2) is 17.6 Å². The van der Waals surface area contributed by atoms with Gasteiger partial charge in [-0.15, -0.1) is 0 Å². The fraction of sp³-hybridized carbons (Fsp3) is 0.400. The molecule has 2 rings (SSSR count). The van der Waals surface area contributed by atoms with E-state index in [4.69, 9.17) is 10.5 Å². The van der Waals surface area contributed by atoms with E-state index in [0.29, 0.717) is 13.1 Å². The normalized spacial score (nSPS) is 11.8. The second-order valence-electron chi connectivity index (χ2n) is 5.37. The van der Waals surface area contributed by atoms with Gasteiger partial charge in [0.05, 0.1) is 12.5 Å². The van der Waals surface area contributed by atoms with Crippen molar-refractivity contribution in [1.82, 2.24) is 4.57 Å². The Morgan fingerprint density at radius 1 is 1.37 bits per heavy atom. The van der Waals surface area contributed by atoms with Crippen LogP contribution in [0.25, 0.3) is 10.9 Å². The van der Waals surface area contributed by atoms with Gasteiger partial charge in [0.15, 0.2) is 0 Å². The van der Waals surface area contributed by atoms with Gasteiger partial charge >= 0.3 is 5.97 Å². The van der Waals surface area contributed by atoms with Crippen LogP contribution in [0.4, 0.5) is 0 Å². The van der Waals surface area contributed by atoms with Crippen LogP contribution in [0.15, 0.2) is 30.5 Å². The van der Waals surface area contributed by atoms with E-state index in [1.54, 1.807) is 0 Å². The van der Waals surface area contributed by atoms with Gasteiger partial charge in [-0.2, -0.15) is 0 Å². The number of nitrogens with two attached hydrogens (primary N) is 1. The molecular formula is C15H20N2O2. The highest BCUT2D eigenvalue weighted by atomic mass is 16.5. The maximum absolute atomic E-state index is 11.8. The van der Waals surface area contributed by atoms with E-state index >= 15 is 0 Å². The number of fused-ring (bicyclic) bond motifs is 1. The van der Waals surface area contributed by atoms with E-state index in [1.165, 1.54) is 7.11 Å². The highest BCUT2D eigenvalue weighted by molar-refractivity contribution is 5.84. The van der Waals surface area contributed by atoms with E-state index in [1.807, 2.05) is 44.3 Å². The van der Waals surface area contributed by atoms with Crippen LogP contribution >= 0.6 is 0 Å². The van der Waals surface area contributed by atoms with Gasteiger partial charge in [-0.1, -0.05) is 12.1 Å². The quantitative estimate of drug-likeness (QED) is 0.858. The third kappa shape index (κ3) is 2.49. The van der Waals surface area contributed by atoms with Gasteiger partial charge in [-0.3, -0.25) is 4.79 Å². The second-order valence-corrected chi connectivity index (χ2v) is 5.37. The van der Waals surface area contributed by atoms with Gasteiger partial charge in [0.25, 0.3) is 0 Å². The predicted octanol–water partition coefficient (Wildman–Crippen LogP) is 2.30. The van der Waals surface area contributed by atoms with Gasteiger partial charge < -0.3 is 15.0 Å². The summed E-state index contributed by atoms with van der Waals surface area (Å²) in [7, 11) is 1.42. The molecule has 0 saturated carbocycles. The van der Waals surface area contributed by atoms with Gasteiger partial charge in [0, 0.05) is 30.2 Å². The molecule has 1 heterocycles. The van der Waals surface area contributed by atoms with Crippen LogP contribution in [0.2, 0.25) is 0 Å². The Bertz CT molecular complexity index is 599. The van der Waals surface area contributed by atoms with Crippen LogP contribution in [0, 0.1) is 5.41 Å². The number of carbonyl (C=O) groups excluding carboxylic acids is 1. The molecule has 102 valence electrons. The molecule has 1 aromatic carbocycles. The third-order valence-corrected chi connectivity index (χ3v) is 3.43. The molecule has 4 heteroatoms. The zero-order valence-electron chi connectivity index (χ0n) is 11.6. The lowest BCUT2D eigenvalue weighted by Crippen LogP contribution is -2.30. The van der Waals surface area contributed by atoms with Crippen molar-refractivity contribution < 1.29 is 9.53 Å². The van der Waals surface area contributed by atoms with Crippen molar-refractivity contribution in [2.45, 2.75) is 26.9 Å². The Morgan fingerprint density at radius 2 is 2.11 bits per heavy atom. The standard InChI is InChI=1S/C15H20N2O2/c1-15(2,14(18)19-3)10-17-8-7-12-11(9-16)5-4-6-13(12)17/h4-8H,9-10,16H2,1-3H3. The molecule has 0 unspecified atom stereocenters. The molecule has 0 bridgehead atoms. The van der Waals surface area contributed by atoms with Crippen LogP contribution < -0.4 is 5.73 Å². The molecule has 0 atom stereocenters. The van der Waals surface area contributed by atoms with Crippen LogP contribution in [0.5, 0.6) is 0 Å². The molecular weight excluding hydrogens is 240 g/mol. The summed E-state index contributed by atoms with van der Waals surface area (Å²) in [6.07, 6.45) is 1.99. The molecule has 0 amide bonds. The van der Waals surface area contributed by atoms with Gasteiger partial charge in [0.2, 0.25) is 0 Å². The minimum Gasteiger partial charge on any atom is -0.469 e.